The van der Waals surface area contributed by atoms with Gasteiger partial charge in [-0.3, -0.25) is 4.40 Å². The Hall–Kier alpha value is -7.21. The Bertz CT molecular complexity index is 3460. The predicted octanol–water partition coefficient (Wildman–Crippen LogP) is 13.7. The number of rotatable bonds is 5. The summed E-state index contributed by atoms with van der Waals surface area (Å²) in [7, 11) is 0. The topological polar surface area (TPSA) is 27.2 Å². The second-order valence-corrected chi connectivity index (χ2v) is 15.4. The fraction of sp³-hybridized carbons (Fsp3) is 0. The molecule has 0 atom stereocenters. The molecule has 0 spiro atoms. The summed E-state index contributed by atoms with van der Waals surface area (Å²) in [5, 5.41) is 4.91. The minimum absolute atomic E-state index is 0.993. The van der Waals surface area contributed by atoms with Gasteiger partial charge in [0.15, 0.2) is 4.96 Å². The summed E-state index contributed by atoms with van der Waals surface area (Å²) >= 11 is 1.74. The second-order valence-electron chi connectivity index (χ2n) is 14.4. The normalized spacial score (nSPS) is 11.9. The van der Waals surface area contributed by atoms with Crippen molar-refractivity contribution in [2.24, 2.45) is 0 Å². The average Bonchev–Trinajstić information content (AvgIpc) is 4.00. The van der Waals surface area contributed by atoms with Gasteiger partial charge in [-0.25, -0.2) is 4.98 Å². The molecule has 8 aromatic carbocycles. The first kappa shape index (κ1) is 31.2. The molecule has 12 aromatic rings. The van der Waals surface area contributed by atoms with Crippen molar-refractivity contribution < 1.29 is 0 Å². The van der Waals surface area contributed by atoms with Gasteiger partial charge >= 0.3 is 0 Å². The Labute approximate surface area is 326 Å². The summed E-state index contributed by atoms with van der Waals surface area (Å²) in [4.78, 5) is 6.36. The molecule has 0 bridgehead atoms. The number of aromatic nitrogens is 4. The molecular weight excluding hydrogens is 701 g/mol. The molecule has 0 saturated heterocycles. The van der Waals surface area contributed by atoms with Crippen molar-refractivity contribution in [2.45, 2.75) is 0 Å². The molecule has 0 aliphatic carbocycles. The zero-order valence-corrected chi connectivity index (χ0v) is 31.0. The van der Waals surface area contributed by atoms with Crippen LogP contribution in [0.4, 0.5) is 0 Å². The third-order valence-electron chi connectivity index (χ3n) is 11.3. The zero-order chi connectivity index (χ0) is 36.7. The molecule has 0 N–H and O–H groups in total. The van der Waals surface area contributed by atoms with Crippen molar-refractivity contribution in [1.29, 1.82) is 0 Å². The molecular formula is C51H32N4S. The van der Waals surface area contributed by atoms with Crippen LogP contribution in [0.15, 0.2) is 194 Å². The van der Waals surface area contributed by atoms with Crippen LogP contribution in [0.2, 0.25) is 0 Å². The van der Waals surface area contributed by atoms with Crippen molar-refractivity contribution in [3.63, 3.8) is 0 Å². The minimum atomic E-state index is 0.993. The lowest BCUT2D eigenvalue weighted by Gasteiger charge is -2.09. The van der Waals surface area contributed by atoms with E-state index in [1.165, 1.54) is 70.6 Å². The van der Waals surface area contributed by atoms with Gasteiger partial charge < -0.3 is 9.13 Å². The maximum absolute atomic E-state index is 5.36. The Balaban J connectivity index is 1.09. The fourth-order valence-corrected chi connectivity index (χ4v) is 9.82. The molecule has 0 unspecified atom stereocenters. The highest BCUT2D eigenvalue weighted by molar-refractivity contribution is 7.23. The van der Waals surface area contributed by atoms with E-state index in [-0.39, 0.29) is 0 Å². The van der Waals surface area contributed by atoms with Gasteiger partial charge in [-0.1, -0.05) is 127 Å². The van der Waals surface area contributed by atoms with Gasteiger partial charge in [-0.2, -0.15) is 0 Å². The van der Waals surface area contributed by atoms with E-state index in [4.69, 9.17) is 4.98 Å². The van der Waals surface area contributed by atoms with Gasteiger partial charge in [0.05, 0.1) is 43.7 Å². The smallest absolute Gasteiger partial charge is 0.195 e. The minimum Gasteiger partial charge on any atom is -0.309 e. The van der Waals surface area contributed by atoms with E-state index in [0.717, 1.165) is 33.2 Å². The van der Waals surface area contributed by atoms with Gasteiger partial charge in [0.1, 0.15) is 0 Å². The summed E-state index contributed by atoms with van der Waals surface area (Å²) in [6.45, 7) is 0. The molecule has 0 aliphatic rings. The number of fused-ring (bicyclic) bond motifs is 9. The van der Waals surface area contributed by atoms with Crippen LogP contribution >= 0.6 is 11.3 Å². The highest BCUT2D eigenvalue weighted by atomic mass is 32.1. The monoisotopic (exact) mass is 732 g/mol. The van der Waals surface area contributed by atoms with Crippen molar-refractivity contribution in [2.75, 3.05) is 0 Å². The highest BCUT2D eigenvalue weighted by Gasteiger charge is 2.22. The number of para-hydroxylation sites is 4. The number of benzene rings is 8. The summed E-state index contributed by atoms with van der Waals surface area (Å²) in [5.41, 5.74) is 15.0. The van der Waals surface area contributed by atoms with Crippen LogP contribution in [0.25, 0.3) is 104 Å². The Morgan fingerprint density at radius 1 is 0.357 bits per heavy atom. The van der Waals surface area contributed by atoms with Gasteiger partial charge in [-0.05, 0) is 90.0 Å². The fourth-order valence-electron chi connectivity index (χ4n) is 8.79. The standard InChI is InChI=1S/C51H32N4S/c1-4-14-33(15-5-1)50-49(52-51-55(50)47-22-12-13-23-48(47)56-51)36-26-29-46-42(32-36)41-31-35(25-28-45(41)54(46)38-18-8-3-9-19-38)34-24-27-44-40(30-34)39-20-10-11-21-43(39)53(44)37-16-6-2-7-17-37/h1-32H. The van der Waals surface area contributed by atoms with Gasteiger partial charge in [0.25, 0.3) is 0 Å². The lowest BCUT2D eigenvalue weighted by Crippen LogP contribution is -1.93. The maximum atomic E-state index is 5.36. The van der Waals surface area contributed by atoms with Crippen LogP contribution in [-0.2, 0) is 0 Å². The quantitative estimate of drug-likeness (QED) is 0.173. The molecule has 0 radical (unpaired) electrons. The van der Waals surface area contributed by atoms with Crippen LogP contribution in [0.5, 0.6) is 0 Å². The number of hydrogen-bond donors (Lipinski definition) is 0. The lowest BCUT2D eigenvalue weighted by atomic mass is 9.99. The van der Waals surface area contributed by atoms with E-state index in [9.17, 15) is 0 Å². The van der Waals surface area contributed by atoms with Crippen LogP contribution in [0, 0.1) is 0 Å². The number of hydrogen-bond acceptors (Lipinski definition) is 2. The maximum Gasteiger partial charge on any atom is 0.195 e. The molecule has 0 saturated carbocycles. The summed E-state index contributed by atoms with van der Waals surface area (Å²) in [6.07, 6.45) is 0. The molecule has 0 aliphatic heterocycles. The Morgan fingerprint density at radius 2 is 0.821 bits per heavy atom. The molecule has 4 heterocycles. The molecule has 5 heteroatoms. The third kappa shape index (κ3) is 4.62. The van der Waals surface area contributed by atoms with E-state index >= 15 is 0 Å². The van der Waals surface area contributed by atoms with Crippen LogP contribution in [0.1, 0.15) is 0 Å². The number of thiazole rings is 1. The lowest BCUT2D eigenvalue weighted by molar-refractivity contribution is 1.18. The van der Waals surface area contributed by atoms with Crippen molar-refractivity contribution in [3.8, 4) is 45.0 Å². The zero-order valence-electron chi connectivity index (χ0n) is 30.2. The predicted molar refractivity (Wildman–Crippen MR) is 236 cm³/mol. The first-order valence-corrected chi connectivity index (χ1v) is 19.8. The first-order chi connectivity index (χ1) is 27.8. The van der Waals surface area contributed by atoms with Gasteiger partial charge in [0, 0.05) is 44.0 Å². The molecule has 262 valence electrons. The molecule has 12 rings (SSSR count). The Morgan fingerprint density at radius 3 is 1.45 bits per heavy atom. The number of imidazole rings is 1. The van der Waals surface area contributed by atoms with E-state index in [2.05, 4.69) is 208 Å². The molecule has 4 aromatic heterocycles. The third-order valence-corrected chi connectivity index (χ3v) is 12.3. The van der Waals surface area contributed by atoms with Crippen LogP contribution in [0.3, 0.4) is 0 Å². The molecule has 56 heavy (non-hydrogen) atoms. The van der Waals surface area contributed by atoms with Crippen molar-refractivity contribution in [3.05, 3.63) is 194 Å². The van der Waals surface area contributed by atoms with Gasteiger partial charge in [-0.15, -0.1) is 0 Å². The number of nitrogens with zero attached hydrogens (tertiary/aromatic N) is 4. The summed E-state index contributed by atoms with van der Waals surface area (Å²) < 4.78 is 8.34. The first-order valence-electron chi connectivity index (χ1n) is 19.0. The van der Waals surface area contributed by atoms with E-state index in [0.29, 0.717) is 0 Å². The van der Waals surface area contributed by atoms with Crippen molar-refractivity contribution in [1.82, 2.24) is 18.5 Å². The van der Waals surface area contributed by atoms with Gasteiger partial charge in [0.2, 0.25) is 0 Å². The summed E-state index contributed by atoms with van der Waals surface area (Å²) in [6, 6.07) is 70.2. The van der Waals surface area contributed by atoms with Crippen LogP contribution in [-0.4, -0.2) is 18.5 Å². The summed E-state index contributed by atoms with van der Waals surface area (Å²) in [5.74, 6) is 0. The Kier molecular flexibility index (Phi) is 6.76. The van der Waals surface area contributed by atoms with E-state index < -0.39 is 0 Å². The molecule has 4 nitrogen and oxygen atoms in total. The van der Waals surface area contributed by atoms with E-state index in [1.54, 1.807) is 11.3 Å². The largest absolute Gasteiger partial charge is 0.309 e. The molecule has 0 fully saturated rings. The van der Waals surface area contributed by atoms with Crippen LogP contribution < -0.4 is 0 Å². The second kappa shape index (κ2) is 12.2. The van der Waals surface area contributed by atoms with E-state index in [1.807, 2.05) is 0 Å². The average molecular weight is 733 g/mol. The van der Waals surface area contributed by atoms with Crippen molar-refractivity contribution >= 4 is 70.1 Å². The molecule has 0 amide bonds. The SMILES string of the molecule is c1ccc(-c2c(-c3ccc4c(c3)c3cc(-c5ccc6c(c5)c5ccccc5n6-c5ccccc5)ccc3n4-c3ccccc3)nc3sc4ccccc4n23)cc1. The highest BCUT2D eigenvalue weighted by Crippen LogP contribution is 2.42.